The summed E-state index contributed by atoms with van der Waals surface area (Å²) in [7, 11) is -1.42. The van der Waals surface area contributed by atoms with E-state index < -0.39 is 9.29 Å². The van der Waals surface area contributed by atoms with Crippen LogP contribution in [0.4, 0.5) is 0 Å². The first-order chi connectivity index (χ1) is 1.41. The average molecular weight is 279 g/mol. The quantitative estimate of drug-likeness (QED) is 0.393. The van der Waals surface area contributed by atoms with Crippen LogP contribution in [0.2, 0.25) is 0 Å². The molecule has 0 saturated heterocycles. The molecule has 0 unspecified atom stereocenters. The molecule has 80 valence electrons. The summed E-state index contributed by atoms with van der Waals surface area (Å²) >= 11 is 0. The number of halogens is 2. The van der Waals surface area contributed by atoms with Crippen molar-refractivity contribution < 1.29 is 66.6 Å². The molecule has 0 aliphatic heterocycles. The minimum absolute atomic E-state index is 0. The van der Waals surface area contributed by atoms with Gasteiger partial charge in [-0.15, -0.1) is 0 Å². The number of hydrogen-bond donors (Lipinski definition) is 0. The molecule has 0 amide bonds. The molecule has 0 aromatic heterocycles. The van der Waals surface area contributed by atoms with Crippen molar-refractivity contribution in [3.8, 4) is 0 Å². The summed E-state index contributed by atoms with van der Waals surface area (Å²) in [6.45, 7) is 0. The van der Waals surface area contributed by atoms with E-state index in [4.69, 9.17) is 8.92 Å². The number of hydrogen-bond acceptors (Lipinski definition) is 2. The van der Waals surface area contributed by atoms with Gasteiger partial charge in [0.25, 0.3) is 0 Å². The van der Waals surface area contributed by atoms with Gasteiger partial charge in [-0.25, -0.2) is 0 Å². The van der Waals surface area contributed by atoms with E-state index in [9.17, 15) is 0 Å². The fourth-order valence-corrected chi connectivity index (χ4v) is 0. The Bertz CT molecular complexity index is 38.0. The van der Waals surface area contributed by atoms with Gasteiger partial charge in [0.1, 0.15) is 0 Å². The third kappa shape index (κ3) is 617. The van der Waals surface area contributed by atoms with Gasteiger partial charge >= 0.3 is 47.0 Å². The molecule has 0 saturated carbocycles. The van der Waals surface area contributed by atoms with Crippen LogP contribution in [0.1, 0.15) is 0 Å². The topological polar surface area (TPSA) is 223 Å². The third-order valence-electron chi connectivity index (χ3n) is 0. The minimum Gasteiger partial charge on any atom is -1.00 e. The van der Waals surface area contributed by atoms with E-state index in [-0.39, 0.29) is 95.4 Å². The molecule has 0 aliphatic rings. The van der Waals surface area contributed by atoms with Crippen LogP contribution < -0.4 is 24.8 Å². The van der Waals surface area contributed by atoms with Gasteiger partial charge in [0.15, 0.2) is 0 Å². The zero-order valence-electron chi connectivity index (χ0n) is 5.78. The third-order valence-corrected chi connectivity index (χ3v) is 0. The van der Waals surface area contributed by atoms with Crippen molar-refractivity contribution >= 4 is 47.0 Å². The predicted octanol–water partition coefficient (Wildman–Crippen LogP) is -11.9. The first-order valence-corrected chi connectivity index (χ1v) is 1.22. The van der Waals surface area contributed by atoms with Crippen LogP contribution in [0.25, 0.3) is 0 Å². The molecule has 0 aromatic rings. The Hall–Kier alpha value is 1.42. The van der Waals surface area contributed by atoms with Gasteiger partial charge in [-0.3, -0.25) is 8.92 Å². The molecular weight excluding hydrogens is 267 g/mol. The summed E-state index contributed by atoms with van der Waals surface area (Å²) in [6.07, 6.45) is 0. The van der Waals surface area contributed by atoms with Crippen molar-refractivity contribution in [3.63, 3.8) is 0 Å². The minimum atomic E-state index is -1.42. The van der Waals surface area contributed by atoms with Crippen molar-refractivity contribution in [2.75, 3.05) is 0 Å². The standard InChI is InChI=1S/Ca.2ClH.O2Si.6H2O/c;;;1-3-2;;;;;;/h;2*1H;;6*1H2/q+2;;;;;;;;;/p-2. The van der Waals surface area contributed by atoms with Gasteiger partial charge in [-0.05, 0) is 0 Å². The SMILES string of the molecule is O.O.O.O.O.O.O=[Si]=O.[Ca+2].[Cl-].[Cl-]. The Morgan fingerprint density at radius 3 is 0.583 bits per heavy atom. The number of rotatable bonds is 0. The molecule has 0 aromatic carbocycles. The summed E-state index contributed by atoms with van der Waals surface area (Å²) in [4.78, 5) is 0. The molecule has 0 fully saturated rings. The zero-order chi connectivity index (χ0) is 2.71. The first-order valence-electron chi connectivity index (χ1n) is 0.408. The summed E-state index contributed by atoms with van der Waals surface area (Å²) in [5.74, 6) is 0. The van der Waals surface area contributed by atoms with E-state index in [0.29, 0.717) is 0 Å². The smallest absolute Gasteiger partial charge is 1.00 e. The van der Waals surface area contributed by atoms with Crippen molar-refractivity contribution in [1.29, 1.82) is 0 Å². The van der Waals surface area contributed by atoms with Crippen LogP contribution in [-0.4, -0.2) is 79.9 Å². The molecule has 0 heterocycles. The van der Waals surface area contributed by atoms with Crippen LogP contribution in [-0.2, 0) is 8.92 Å². The molecule has 0 rings (SSSR count). The van der Waals surface area contributed by atoms with Crippen LogP contribution in [0.3, 0.4) is 0 Å². The Morgan fingerprint density at radius 1 is 0.583 bits per heavy atom. The van der Waals surface area contributed by atoms with Crippen LogP contribution >= 0.6 is 0 Å². The maximum atomic E-state index is 8.40. The Kier molecular flexibility index (Phi) is 4090. The molecule has 12 N–H and O–H groups in total. The second kappa shape index (κ2) is 277. The Labute approximate surface area is 113 Å². The molecule has 0 radical (unpaired) electrons. The van der Waals surface area contributed by atoms with Gasteiger partial charge in [0, 0.05) is 0 Å². The van der Waals surface area contributed by atoms with E-state index >= 15 is 0 Å². The summed E-state index contributed by atoms with van der Waals surface area (Å²) in [5.41, 5.74) is 0. The van der Waals surface area contributed by atoms with E-state index in [0.717, 1.165) is 0 Å². The second-order valence-electron chi connectivity index (χ2n) is 0.0833. The maximum absolute atomic E-state index is 8.40. The van der Waals surface area contributed by atoms with Crippen LogP contribution in [0, 0.1) is 0 Å². The first kappa shape index (κ1) is 177. The molecule has 12 heteroatoms. The Balaban J connectivity index is -0.000000000556. The average Bonchev–Trinajstić information content (AvgIpc) is 0.918. The van der Waals surface area contributed by atoms with E-state index in [1.54, 1.807) is 0 Å². The summed E-state index contributed by atoms with van der Waals surface area (Å²) in [6, 6.07) is 0. The van der Waals surface area contributed by atoms with Gasteiger partial charge in [-0.1, -0.05) is 0 Å². The summed E-state index contributed by atoms with van der Waals surface area (Å²) in [5, 5.41) is 0. The molecule has 0 atom stereocenters. The predicted molar refractivity (Wildman–Crippen MR) is 34.6 cm³/mol. The molecule has 8 nitrogen and oxygen atoms in total. The van der Waals surface area contributed by atoms with Crippen LogP contribution in [0.15, 0.2) is 0 Å². The Morgan fingerprint density at radius 2 is 0.583 bits per heavy atom. The van der Waals surface area contributed by atoms with Gasteiger partial charge in [0.2, 0.25) is 0 Å². The van der Waals surface area contributed by atoms with E-state index in [2.05, 4.69) is 0 Å². The second-order valence-corrected chi connectivity index (χ2v) is 0.250. The fourth-order valence-electron chi connectivity index (χ4n) is 0. The zero-order valence-corrected chi connectivity index (χ0v) is 10.5. The van der Waals surface area contributed by atoms with Crippen molar-refractivity contribution in [1.82, 2.24) is 0 Å². The van der Waals surface area contributed by atoms with E-state index in [1.807, 2.05) is 0 Å². The van der Waals surface area contributed by atoms with Crippen molar-refractivity contribution in [2.45, 2.75) is 0 Å². The van der Waals surface area contributed by atoms with Crippen LogP contribution in [0.5, 0.6) is 0 Å². The van der Waals surface area contributed by atoms with E-state index in [1.165, 1.54) is 0 Å². The molecule has 0 bridgehead atoms. The molecule has 12 heavy (non-hydrogen) atoms. The van der Waals surface area contributed by atoms with Gasteiger partial charge in [0.05, 0.1) is 0 Å². The molecule has 0 aliphatic carbocycles. The van der Waals surface area contributed by atoms with Gasteiger partial charge in [-0.2, -0.15) is 0 Å². The molecule has 0 spiro atoms. The van der Waals surface area contributed by atoms with Gasteiger partial charge < -0.3 is 57.7 Å². The summed E-state index contributed by atoms with van der Waals surface area (Å²) < 4.78 is 16.8. The van der Waals surface area contributed by atoms with Crippen molar-refractivity contribution in [3.05, 3.63) is 0 Å². The largest absolute Gasteiger partial charge is 2.00 e. The maximum Gasteiger partial charge on any atom is 2.00 e. The fraction of sp³-hybridized carbons (Fsp3) is 0. The van der Waals surface area contributed by atoms with Crippen molar-refractivity contribution in [2.24, 2.45) is 0 Å². The molecular formula is H12CaCl2O8Si. The normalized spacial score (nSPS) is 0.667. The monoisotopic (exact) mass is 278 g/mol.